The molecular weight excluding hydrogens is 224 g/mol. The molecule has 0 aromatic heterocycles. The van der Waals surface area contributed by atoms with Crippen LogP contribution in [0.4, 0.5) is 11.4 Å². The maximum Gasteiger partial charge on any atom is 0.122 e. The highest BCUT2D eigenvalue weighted by molar-refractivity contribution is 5.68. The standard InChI is InChI=1S/C15H16N2O/c16-13-6-3-5-12(15(13)17)11-8-10-4-1-2-7-14(10)18-9-11/h1-7,11H,8-9,16-17H2. The molecule has 0 aliphatic carbocycles. The van der Waals surface area contributed by atoms with Gasteiger partial charge in [-0.15, -0.1) is 0 Å². The first kappa shape index (κ1) is 11.0. The molecule has 0 saturated carbocycles. The molecule has 0 saturated heterocycles. The Morgan fingerprint density at radius 1 is 1.00 bits per heavy atom. The molecule has 2 aromatic rings. The SMILES string of the molecule is Nc1cccc(C2COc3ccccc3C2)c1N. The van der Waals surface area contributed by atoms with Crippen molar-refractivity contribution in [1.29, 1.82) is 0 Å². The summed E-state index contributed by atoms with van der Waals surface area (Å²) in [6, 6.07) is 13.9. The second-order valence-corrected chi connectivity index (χ2v) is 4.67. The first-order valence-electron chi connectivity index (χ1n) is 6.10. The van der Waals surface area contributed by atoms with E-state index in [9.17, 15) is 0 Å². The van der Waals surface area contributed by atoms with E-state index in [1.54, 1.807) is 0 Å². The van der Waals surface area contributed by atoms with Crippen LogP contribution in [-0.2, 0) is 6.42 Å². The minimum absolute atomic E-state index is 0.281. The smallest absolute Gasteiger partial charge is 0.122 e. The molecule has 0 radical (unpaired) electrons. The second kappa shape index (κ2) is 4.26. The molecule has 0 fully saturated rings. The molecule has 0 bridgehead atoms. The van der Waals surface area contributed by atoms with E-state index < -0.39 is 0 Å². The number of rotatable bonds is 1. The highest BCUT2D eigenvalue weighted by Crippen LogP contribution is 2.35. The van der Waals surface area contributed by atoms with Gasteiger partial charge < -0.3 is 16.2 Å². The van der Waals surface area contributed by atoms with Crippen LogP contribution in [0.1, 0.15) is 17.0 Å². The maximum atomic E-state index is 6.05. The summed E-state index contributed by atoms with van der Waals surface area (Å²) in [4.78, 5) is 0. The summed E-state index contributed by atoms with van der Waals surface area (Å²) in [5, 5.41) is 0. The summed E-state index contributed by atoms with van der Waals surface area (Å²) < 4.78 is 5.79. The highest BCUT2D eigenvalue weighted by Gasteiger charge is 2.22. The van der Waals surface area contributed by atoms with Crippen molar-refractivity contribution in [2.24, 2.45) is 0 Å². The molecule has 1 heterocycles. The molecular formula is C15H16N2O. The summed E-state index contributed by atoms with van der Waals surface area (Å²) in [7, 11) is 0. The molecule has 4 N–H and O–H groups in total. The van der Waals surface area contributed by atoms with Gasteiger partial charge >= 0.3 is 0 Å². The molecule has 92 valence electrons. The Morgan fingerprint density at radius 3 is 2.72 bits per heavy atom. The average Bonchev–Trinajstić information content (AvgIpc) is 2.41. The van der Waals surface area contributed by atoms with Crippen molar-refractivity contribution in [3.8, 4) is 5.75 Å². The van der Waals surface area contributed by atoms with Crippen molar-refractivity contribution in [3.05, 3.63) is 53.6 Å². The van der Waals surface area contributed by atoms with Crippen molar-refractivity contribution in [2.75, 3.05) is 18.1 Å². The summed E-state index contributed by atoms with van der Waals surface area (Å²) in [5.41, 5.74) is 15.6. The van der Waals surface area contributed by atoms with Crippen LogP contribution in [-0.4, -0.2) is 6.61 Å². The second-order valence-electron chi connectivity index (χ2n) is 4.67. The first-order valence-corrected chi connectivity index (χ1v) is 6.10. The lowest BCUT2D eigenvalue weighted by atomic mass is 9.89. The predicted octanol–water partition coefficient (Wildman–Crippen LogP) is 2.57. The van der Waals surface area contributed by atoms with Gasteiger partial charge in [0.2, 0.25) is 0 Å². The Kier molecular flexibility index (Phi) is 2.59. The molecule has 18 heavy (non-hydrogen) atoms. The van der Waals surface area contributed by atoms with Gasteiger partial charge in [-0.25, -0.2) is 0 Å². The number of nitrogens with two attached hydrogens (primary N) is 2. The lowest BCUT2D eigenvalue weighted by Gasteiger charge is -2.26. The third-order valence-corrected chi connectivity index (χ3v) is 3.49. The summed E-state index contributed by atoms with van der Waals surface area (Å²) in [6.45, 7) is 0.657. The number of para-hydroxylation sites is 2. The third kappa shape index (κ3) is 1.78. The fraction of sp³-hybridized carbons (Fsp3) is 0.200. The van der Waals surface area contributed by atoms with E-state index in [0.29, 0.717) is 18.0 Å². The van der Waals surface area contributed by atoms with Gasteiger partial charge in [-0.2, -0.15) is 0 Å². The van der Waals surface area contributed by atoms with Crippen molar-refractivity contribution < 1.29 is 4.74 Å². The van der Waals surface area contributed by atoms with E-state index in [1.165, 1.54) is 5.56 Å². The molecule has 3 nitrogen and oxygen atoms in total. The van der Waals surface area contributed by atoms with Gasteiger partial charge in [0, 0.05) is 5.92 Å². The Bertz CT molecular complexity index is 580. The fourth-order valence-corrected chi connectivity index (χ4v) is 2.49. The normalized spacial score (nSPS) is 17.9. The summed E-state index contributed by atoms with van der Waals surface area (Å²) in [5.74, 6) is 1.26. The van der Waals surface area contributed by atoms with Crippen molar-refractivity contribution in [1.82, 2.24) is 0 Å². The van der Waals surface area contributed by atoms with Crippen LogP contribution < -0.4 is 16.2 Å². The number of hydrogen-bond donors (Lipinski definition) is 2. The minimum Gasteiger partial charge on any atom is -0.493 e. The van der Waals surface area contributed by atoms with Gasteiger partial charge in [0.1, 0.15) is 5.75 Å². The lowest BCUT2D eigenvalue weighted by Crippen LogP contribution is -2.20. The van der Waals surface area contributed by atoms with Crippen LogP contribution in [0.3, 0.4) is 0 Å². The van der Waals surface area contributed by atoms with Crippen LogP contribution in [0.2, 0.25) is 0 Å². The van der Waals surface area contributed by atoms with E-state index in [-0.39, 0.29) is 5.92 Å². The van der Waals surface area contributed by atoms with Gasteiger partial charge in [-0.1, -0.05) is 30.3 Å². The zero-order chi connectivity index (χ0) is 12.5. The Morgan fingerprint density at radius 2 is 1.83 bits per heavy atom. The Labute approximate surface area is 106 Å². The topological polar surface area (TPSA) is 61.3 Å². The molecule has 2 aromatic carbocycles. The van der Waals surface area contributed by atoms with Crippen LogP contribution in [0.5, 0.6) is 5.75 Å². The van der Waals surface area contributed by atoms with Gasteiger partial charge in [0.05, 0.1) is 18.0 Å². The number of nitrogen functional groups attached to an aromatic ring is 2. The fourth-order valence-electron chi connectivity index (χ4n) is 2.49. The number of fused-ring (bicyclic) bond motifs is 1. The number of ether oxygens (including phenoxy) is 1. The first-order chi connectivity index (χ1) is 8.75. The highest BCUT2D eigenvalue weighted by atomic mass is 16.5. The monoisotopic (exact) mass is 240 g/mol. The number of anilines is 2. The van der Waals surface area contributed by atoms with Crippen molar-refractivity contribution in [2.45, 2.75) is 12.3 Å². The number of benzene rings is 2. The predicted molar refractivity (Wildman–Crippen MR) is 73.6 cm³/mol. The molecule has 3 rings (SSSR count). The van der Waals surface area contributed by atoms with Crippen LogP contribution in [0.25, 0.3) is 0 Å². The molecule has 0 amide bonds. The molecule has 1 atom stereocenters. The van der Waals surface area contributed by atoms with E-state index in [2.05, 4.69) is 6.07 Å². The van der Waals surface area contributed by atoms with Gasteiger partial charge in [-0.3, -0.25) is 0 Å². The van der Waals surface area contributed by atoms with Crippen molar-refractivity contribution in [3.63, 3.8) is 0 Å². The third-order valence-electron chi connectivity index (χ3n) is 3.49. The van der Waals surface area contributed by atoms with Crippen LogP contribution in [0.15, 0.2) is 42.5 Å². The average molecular weight is 240 g/mol. The molecule has 1 aliphatic heterocycles. The van der Waals surface area contributed by atoms with Gasteiger partial charge in [0.15, 0.2) is 0 Å². The van der Waals surface area contributed by atoms with Crippen LogP contribution in [0, 0.1) is 0 Å². The summed E-state index contributed by atoms with van der Waals surface area (Å²) in [6.07, 6.45) is 0.948. The zero-order valence-corrected chi connectivity index (χ0v) is 10.1. The molecule has 3 heteroatoms. The zero-order valence-electron chi connectivity index (χ0n) is 10.1. The van der Waals surface area contributed by atoms with E-state index in [0.717, 1.165) is 17.7 Å². The maximum absolute atomic E-state index is 6.05. The minimum atomic E-state index is 0.281. The number of hydrogen-bond acceptors (Lipinski definition) is 3. The van der Waals surface area contributed by atoms with E-state index >= 15 is 0 Å². The molecule has 1 aliphatic rings. The largest absolute Gasteiger partial charge is 0.493 e. The van der Waals surface area contributed by atoms with Gasteiger partial charge in [0.25, 0.3) is 0 Å². The Balaban J connectivity index is 1.94. The summed E-state index contributed by atoms with van der Waals surface area (Å²) >= 11 is 0. The lowest BCUT2D eigenvalue weighted by molar-refractivity contribution is 0.263. The molecule has 1 unspecified atom stereocenters. The molecule has 0 spiro atoms. The van der Waals surface area contributed by atoms with Crippen molar-refractivity contribution >= 4 is 11.4 Å². The quantitative estimate of drug-likeness (QED) is 0.753. The Hall–Kier alpha value is -2.16. The van der Waals surface area contributed by atoms with Gasteiger partial charge in [-0.05, 0) is 29.7 Å². The van der Waals surface area contributed by atoms with E-state index in [1.807, 2.05) is 36.4 Å². The van der Waals surface area contributed by atoms with E-state index in [4.69, 9.17) is 16.2 Å². The van der Waals surface area contributed by atoms with Crippen LogP contribution >= 0.6 is 0 Å².